The van der Waals surface area contributed by atoms with Gasteiger partial charge in [-0.3, -0.25) is 9.59 Å². The van der Waals surface area contributed by atoms with Gasteiger partial charge in [0.15, 0.2) is 6.61 Å². The summed E-state index contributed by atoms with van der Waals surface area (Å²) >= 11 is 0. The van der Waals surface area contributed by atoms with Crippen LogP contribution < -0.4 is 10.0 Å². The van der Waals surface area contributed by atoms with Crippen molar-refractivity contribution in [2.45, 2.75) is 44.7 Å². The van der Waals surface area contributed by atoms with Gasteiger partial charge in [0.2, 0.25) is 10.0 Å². The van der Waals surface area contributed by atoms with Crippen LogP contribution in [-0.4, -0.2) is 39.0 Å². The number of rotatable bonds is 8. The number of hydrogen-bond donors (Lipinski definition) is 2. The molecule has 0 unspecified atom stereocenters. The molecular formula is C18H24N2O5S. The molecule has 1 aliphatic rings. The Balaban J connectivity index is 1.77. The number of esters is 1. The van der Waals surface area contributed by atoms with Crippen LogP contribution in [0.5, 0.6) is 0 Å². The Hall–Kier alpha value is -2.19. The van der Waals surface area contributed by atoms with Crippen LogP contribution in [0.1, 0.15) is 38.2 Å². The molecule has 8 heteroatoms. The summed E-state index contributed by atoms with van der Waals surface area (Å²) < 4.78 is 31.1. The Morgan fingerprint density at radius 3 is 2.54 bits per heavy atom. The van der Waals surface area contributed by atoms with E-state index in [0.717, 1.165) is 36.7 Å². The molecule has 0 aromatic heterocycles. The van der Waals surface area contributed by atoms with Crippen LogP contribution in [0.2, 0.25) is 0 Å². The molecule has 1 aromatic rings. The first kappa shape index (κ1) is 20.1. The molecule has 7 nitrogen and oxygen atoms in total. The highest BCUT2D eigenvalue weighted by Gasteiger charge is 2.22. The van der Waals surface area contributed by atoms with Crippen LogP contribution in [0, 0.1) is 0 Å². The minimum Gasteiger partial charge on any atom is -0.454 e. The Morgan fingerprint density at radius 1 is 1.23 bits per heavy atom. The third kappa shape index (κ3) is 6.97. The van der Waals surface area contributed by atoms with E-state index in [4.69, 9.17) is 4.74 Å². The maximum absolute atomic E-state index is 12.0. The first-order valence-electron chi connectivity index (χ1n) is 8.57. The molecule has 0 bridgehead atoms. The average Bonchev–Trinajstić information content (AvgIpc) is 3.11. The van der Waals surface area contributed by atoms with E-state index in [1.807, 2.05) is 6.07 Å². The number of benzene rings is 1. The molecule has 2 N–H and O–H groups in total. The zero-order chi connectivity index (χ0) is 19.0. The molecule has 0 heterocycles. The molecule has 1 aliphatic carbocycles. The van der Waals surface area contributed by atoms with E-state index >= 15 is 0 Å². The summed E-state index contributed by atoms with van der Waals surface area (Å²) in [6.07, 6.45) is 5.46. The van der Waals surface area contributed by atoms with E-state index in [-0.39, 0.29) is 11.9 Å². The lowest BCUT2D eigenvalue weighted by Crippen LogP contribution is -2.41. The van der Waals surface area contributed by atoms with Crippen LogP contribution >= 0.6 is 0 Å². The normalized spacial score (nSPS) is 16.5. The van der Waals surface area contributed by atoms with Gasteiger partial charge in [-0.25, -0.2) is 8.42 Å². The highest BCUT2D eigenvalue weighted by Crippen LogP contribution is 2.17. The minimum absolute atomic E-state index is 0.139. The van der Waals surface area contributed by atoms with Gasteiger partial charge in [0.05, 0.1) is 0 Å². The second-order valence-electron chi connectivity index (χ2n) is 6.25. The second kappa shape index (κ2) is 9.49. The van der Waals surface area contributed by atoms with Gasteiger partial charge in [-0.15, -0.1) is 0 Å². The lowest BCUT2D eigenvalue weighted by atomic mass is 10.2. The van der Waals surface area contributed by atoms with E-state index < -0.39 is 28.6 Å². The number of sulfonamides is 1. The molecule has 0 radical (unpaired) electrons. The van der Waals surface area contributed by atoms with Crippen molar-refractivity contribution in [3.63, 3.8) is 0 Å². The van der Waals surface area contributed by atoms with Gasteiger partial charge in [0, 0.05) is 11.4 Å². The van der Waals surface area contributed by atoms with Crippen molar-refractivity contribution in [2.75, 3.05) is 6.61 Å². The monoisotopic (exact) mass is 380 g/mol. The summed E-state index contributed by atoms with van der Waals surface area (Å²) in [5.41, 5.74) is 0.719. The zero-order valence-corrected chi connectivity index (χ0v) is 15.5. The number of amides is 1. The van der Waals surface area contributed by atoms with Gasteiger partial charge < -0.3 is 10.1 Å². The van der Waals surface area contributed by atoms with Crippen molar-refractivity contribution in [1.29, 1.82) is 0 Å². The maximum atomic E-state index is 12.0. The van der Waals surface area contributed by atoms with Crippen molar-refractivity contribution in [1.82, 2.24) is 10.0 Å². The molecule has 0 aliphatic heterocycles. The first-order valence-corrected chi connectivity index (χ1v) is 10.1. The molecule has 1 atom stereocenters. The third-order valence-electron chi connectivity index (χ3n) is 4.00. The summed E-state index contributed by atoms with van der Waals surface area (Å²) in [5, 5.41) is 3.78. The van der Waals surface area contributed by atoms with Crippen molar-refractivity contribution in [3.8, 4) is 0 Å². The van der Waals surface area contributed by atoms with E-state index in [0.29, 0.717) is 0 Å². The smallest absolute Gasteiger partial charge is 0.324 e. The van der Waals surface area contributed by atoms with Crippen molar-refractivity contribution in [2.24, 2.45) is 0 Å². The lowest BCUT2D eigenvalue weighted by Gasteiger charge is -2.14. The van der Waals surface area contributed by atoms with Crippen molar-refractivity contribution < 1.29 is 22.7 Å². The summed E-state index contributed by atoms with van der Waals surface area (Å²) in [6, 6.07) is 7.96. The molecule has 0 saturated heterocycles. The molecule has 1 fully saturated rings. The van der Waals surface area contributed by atoms with Gasteiger partial charge in [0.25, 0.3) is 5.91 Å². The fraction of sp³-hybridized carbons (Fsp3) is 0.444. The summed E-state index contributed by atoms with van der Waals surface area (Å²) in [5.74, 6) is -1.17. The standard InChI is InChI=1S/C18H24N2O5S/c1-14(18(22)25-13-17(21)19-16-9-5-6-10-16)20-26(23,24)12-11-15-7-3-2-4-8-15/h2-4,7-8,11-12,14,16,20H,5-6,9-10,13H2,1H3,(H,19,21)/b12-11+/t14-/m0/s1. The Labute approximate surface area is 153 Å². The maximum Gasteiger partial charge on any atom is 0.324 e. The van der Waals surface area contributed by atoms with Gasteiger partial charge in [-0.1, -0.05) is 43.2 Å². The molecule has 0 spiro atoms. The Bertz CT molecular complexity index is 740. The summed E-state index contributed by atoms with van der Waals surface area (Å²) in [6.45, 7) is 0.951. The van der Waals surface area contributed by atoms with E-state index in [2.05, 4.69) is 10.0 Å². The number of carbonyl (C=O) groups excluding carboxylic acids is 2. The third-order valence-corrected chi connectivity index (χ3v) is 5.18. The van der Waals surface area contributed by atoms with E-state index in [1.165, 1.54) is 13.0 Å². The van der Waals surface area contributed by atoms with Gasteiger partial charge in [0.1, 0.15) is 6.04 Å². The minimum atomic E-state index is -3.81. The molecular weight excluding hydrogens is 356 g/mol. The molecule has 2 rings (SSSR count). The Morgan fingerprint density at radius 2 is 1.88 bits per heavy atom. The highest BCUT2D eigenvalue weighted by molar-refractivity contribution is 7.92. The van der Waals surface area contributed by atoms with Crippen LogP contribution in [0.4, 0.5) is 0 Å². The Kier molecular flexibility index (Phi) is 7.35. The van der Waals surface area contributed by atoms with Crippen LogP contribution in [0.25, 0.3) is 6.08 Å². The quantitative estimate of drug-likeness (QED) is 0.667. The van der Waals surface area contributed by atoms with E-state index in [9.17, 15) is 18.0 Å². The number of carbonyl (C=O) groups is 2. The summed E-state index contributed by atoms with van der Waals surface area (Å²) in [4.78, 5) is 23.6. The molecule has 1 aromatic carbocycles. The number of ether oxygens (including phenoxy) is 1. The van der Waals surface area contributed by atoms with Crippen molar-refractivity contribution >= 4 is 28.0 Å². The number of hydrogen-bond acceptors (Lipinski definition) is 5. The predicted octanol–water partition coefficient (Wildman–Crippen LogP) is 1.57. The fourth-order valence-corrected chi connectivity index (χ4v) is 3.67. The molecule has 26 heavy (non-hydrogen) atoms. The van der Waals surface area contributed by atoms with Crippen LogP contribution in [0.15, 0.2) is 35.7 Å². The summed E-state index contributed by atoms with van der Waals surface area (Å²) in [7, 11) is -3.81. The lowest BCUT2D eigenvalue weighted by molar-refractivity contribution is -0.149. The zero-order valence-electron chi connectivity index (χ0n) is 14.7. The van der Waals surface area contributed by atoms with Crippen molar-refractivity contribution in [3.05, 3.63) is 41.3 Å². The SMILES string of the molecule is C[C@H](NS(=O)(=O)/C=C/c1ccccc1)C(=O)OCC(=O)NC1CCCC1. The van der Waals surface area contributed by atoms with E-state index in [1.54, 1.807) is 24.3 Å². The largest absolute Gasteiger partial charge is 0.454 e. The van der Waals surface area contributed by atoms with Gasteiger partial charge in [-0.05, 0) is 31.4 Å². The highest BCUT2D eigenvalue weighted by atomic mass is 32.2. The second-order valence-corrected chi connectivity index (χ2v) is 7.85. The number of nitrogens with one attached hydrogen (secondary N) is 2. The molecule has 1 saturated carbocycles. The van der Waals surface area contributed by atoms with Gasteiger partial charge >= 0.3 is 5.97 Å². The first-order chi connectivity index (χ1) is 12.4. The van der Waals surface area contributed by atoms with Crippen LogP contribution in [-0.2, 0) is 24.3 Å². The van der Waals surface area contributed by atoms with Crippen LogP contribution in [0.3, 0.4) is 0 Å². The average molecular weight is 380 g/mol. The van der Waals surface area contributed by atoms with Gasteiger partial charge in [-0.2, -0.15) is 4.72 Å². The molecule has 142 valence electrons. The fourth-order valence-electron chi connectivity index (χ4n) is 2.67. The topological polar surface area (TPSA) is 102 Å². The molecule has 1 amide bonds. The predicted molar refractivity (Wildman–Crippen MR) is 98.4 cm³/mol.